The van der Waals surface area contributed by atoms with Gasteiger partial charge in [-0.2, -0.15) is 0 Å². The first kappa shape index (κ1) is 17.5. The molecule has 0 amide bonds. The number of piperidine rings is 1. The third-order valence-electron chi connectivity index (χ3n) is 4.21. The van der Waals surface area contributed by atoms with E-state index in [0.717, 1.165) is 32.5 Å². The van der Waals surface area contributed by atoms with E-state index in [-0.39, 0.29) is 11.9 Å². The van der Waals surface area contributed by atoms with Crippen molar-refractivity contribution in [2.24, 2.45) is 5.92 Å². The summed E-state index contributed by atoms with van der Waals surface area (Å²) in [6.45, 7) is 5.08. The van der Waals surface area contributed by atoms with Crippen LogP contribution in [0.3, 0.4) is 0 Å². The molecule has 0 radical (unpaired) electrons. The van der Waals surface area contributed by atoms with Crippen LogP contribution >= 0.6 is 0 Å². The molecule has 4 heteroatoms. The van der Waals surface area contributed by atoms with E-state index < -0.39 is 0 Å². The van der Waals surface area contributed by atoms with E-state index in [1.807, 2.05) is 21.0 Å². The SMILES string of the molecule is CCOC(=O)C1CCCN(C/C=C/c2ccc(N(C)C)cc2)C1. The lowest BCUT2D eigenvalue weighted by atomic mass is 9.98. The van der Waals surface area contributed by atoms with Crippen molar-refractivity contribution in [3.05, 3.63) is 35.9 Å². The zero-order chi connectivity index (χ0) is 16.7. The average Bonchev–Trinajstić information content (AvgIpc) is 2.56. The lowest BCUT2D eigenvalue weighted by Crippen LogP contribution is -2.39. The molecule has 0 saturated carbocycles. The van der Waals surface area contributed by atoms with Crippen LogP contribution in [0.25, 0.3) is 6.08 Å². The van der Waals surface area contributed by atoms with E-state index in [4.69, 9.17) is 4.74 Å². The summed E-state index contributed by atoms with van der Waals surface area (Å²) in [5.74, 6) is -0.00284. The van der Waals surface area contributed by atoms with Gasteiger partial charge in [-0.05, 0) is 44.0 Å². The lowest BCUT2D eigenvalue weighted by molar-refractivity contribution is -0.149. The van der Waals surface area contributed by atoms with Gasteiger partial charge in [0.2, 0.25) is 0 Å². The highest BCUT2D eigenvalue weighted by Crippen LogP contribution is 2.18. The number of carbonyl (C=O) groups excluding carboxylic acids is 1. The van der Waals surface area contributed by atoms with Crippen molar-refractivity contribution in [1.82, 2.24) is 4.90 Å². The third kappa shape index (κ3) is 5.39. The van der Waals surface area contributed by atoms with Crippen molar-refractivity contribution in [3.63, 3.8) is 0 Å². The summed E-state index contributed by atoms with van der Waals surface area (Å²) in [6.07, 6.45) is 6.34. The number of esters is 1. The number of hydrogen-bond acceptors (Lipinski definition) is 4. The van der Waals surface area contributed by atoms with Gasteiger partial charge in [-0.25, -0.2) is 0 Å². The molecule has 23 heavy (non-hydrogen) atoms. The van der Waals surface area contributed by atoms with E-state index in [0.29, 0.717) is 6.61 Å². The fraction of sp³-hybridized carbons (Fsp3) is 0.526. The number of carbonyl (C=O) groups is 1. The molecular formula is C19H28N2O2. The highest BCUT2D eigenvalue weighted by atomic mass is 16.5. The number of ether oxygens (including phenoxy) is 1. The zero-order valence-electron chi connectivity index (χ0n) is 14.5. The maximum Gasteiger partial charge on any atom is 0.310 e. The van der Waals surface area contributed by atoms with Gasteiger partial charge in [0.25, 0.3) is 0 Å². The molecule has 1 atom stereocenters. The minimum Gasteiger partial charge on any atom is -0.466 e. The molecule has 1 fully saturated rings. The second-order valence-electron chi connectivity index (χ2n) is 6.24. The van der Waals surface area contributed by atoms with Gasteiger partial charge >= 0.3 is 5.97 Å². The Balaban J connectivity index is 1.83. The molecule has 0 bridgehead atoms. The van der Waals surface area contributed by atoms with Crippen LogP contribution in [0.1, 0.15) is 25.3 Å². The molecule has 1 heterocycles. The molecule has 1 aliphatic rings. The Kier molecular flexibility index (Phi) is 6.66. The van der Waals surface area contributed by atoms with Crippen LogP contribution in [0.4, 0.5) is 5.69 Å². The van der Waals surface area contributed by atoms with Crippen molar-refractivity contribution in [2.75, 3.05) is 45.2 Å². The topological polar surface area (TPSA) is 32.8 Å². The van der Waals surface area contributed by atoms with Crippen LogP contribution in [0, 0.1) is 5.92 Å². The van der Waals surface area contributed by atoms with E-state index >= 15 is 0 Å². The quantitative estimate of drug-likeness (QED) is 0.755. The van der Waals surface area contributed by atoms with Crippen molar-refractivity contribution in [2.45, 2.75) is 19.8 Å². The monoisotopic (exact) mass is 316 g/mol. The zero-order valence-corrected chi connectivity index (χ0v) is 14.5. The van der Waals surface area contributed by atoms with Crippen molar-refractivity contribution < 1.29 is 9.53 Å². The van der Waals surface area contributed by atoms with Crippen LogP contribution in [-0.4, -0.2) is 51.2 Å². The summed E-state index contributed by atoms with van der Waals surface area (Å²) in [4.78, 5) is 16.3. The minimum atomic E-state index is -0.0412. The summed E-state index contributed by atoms with van der Waals surface area (Å²) in [5, 5.41) is 0. The fourth-order valence-corrected chi connectivity index (χ4v) is 2.90. The Morgan fingerprint density at radius 2 is 2.09 bits per heavy atom. The molecule has 0 spiro atoms. The second-order valence-corrected chi connectivity index (χ2v) is 6.24. The molecule has 0 aliphatic carbocycles. The predicted octanol–water partition coefficient (Wildman–Crippen LogP) is 3.04. The maximum atomic E-state index is 11.9. The summed E-state index contributed by atoms with van der Waals surface area (Å²) in [6, 6.07) is 8.50. The number of anilines is 1. The number of rotatable bonds is 6. The third-order valence-corrected chi connectivity index (χ3v) is 4.21. The molecule has 126 valence electrons. The van der Waals surface area contributed by atoms with Gasteiger partial charge in [-0.15, -0.1) is 0 Å². The molecule has 1 aliphatic heterocycles. The first-order chi connectivity index (χ1) is 11.1. The Morgan fingerprint density at radius 3 is 2.74 bits per heavy atom. The highest BCUT2D eigenvalue weighted by Gasteiger charge is 2.25. The van der Waals surface area contributed by atoms with E-state index in [1.54, 1.807) is 0 Å². The van der Waals surface area contributed by atoms with E-state index in [2.05, 4.69) is 46.2 Å². The van der Waals surface area contributed by atoms with Gasteiger partial charge in [0.05, 0.1) is 12.5 Å². The molecule has 1 aromatic rings. The van der Waals surface area contributed by atoms with Crippen LogP contribution in [-0.2, 0) is 9.53 Å². The molecule has 2 rings (SSSR count). The first-order valence-electron chi connectivity index (χ1n) is 8.43. The highest BCUT2D eigenvalue weighted by molar-refractivity contribution is 5.72. The molecule has 0 N–H and O–H groups in total. The predicted molar refractivity (Wildman–Crippen MR) is 95.6 cm³/mol. The molecule has 1 unspecified atom stereocenters. The summed E-state index contributed by atoms with van der Waals surface area (Å²) >= 11 is 0. The van der Waals surface area contributed by atoms with Crippen molar-refractivity contribution in [1.29, 1.82) is 0 Å². The van der Waals surface area contributed by atoms with Crippen LogP contribution in [0.5, 0.6) is 0 Å². The van der Waals surface area contributed by atoms with Crippen molar-refractivity contribution in [3.8, 4) is 0 Å². The molecule has 0 aromatic heterocycles. The van der Waals surface area contributed by atoms with E-state index in [9.17, 15) is 4.79 Å². The number of benzene rings is 1. The van der Waals surface area contributed by atoms with Gasteiger partial charge in [0.15, 0.2) is 0 Å². The van der Waals surface area contributed by atoms with Gasteiger partial charge in [-0.1, -0.05) is 24.3 Å². The average molecular weight is 316 g/mol. The lowest BCUT2D eigenvalue weighted by Gasteiger charge is -2.30. The number of likely N-dealkylation sites (tertiary alicyclic amines) is 1. The Labute approximate surface area is 139 Å². The van der Waals surface area contributed by atoms with Crippen LogP contribution < -0.4 is 4.90 Å². The minimum absolute atomic E-state index is 0.0384. The Bertz CT molecular complexity index is 523. The van der Waals surface area contributed by atoms with Crippen LogP contribution in [0.15, 0.2) is 30.3 Å². The van der Waals surface area contributed by atoms with E-state index in [1.165, 1.54) is 11.3 Å². The molecule has 1 saturated heterocycles. The largest absolute Gasteiger partial charge is 0.466 e. The Morgan fingerprint density at radius 1 is 1.35 bits per heavy atom. The normalized spacial score (nSPS) is 19.0. The smallest absolute Gasteiger partial charge is 0.310 e. The van der Waals surface area contributed by atoms with Gasteiger partial charge < -0.3 is 9.64 Å². The fourth-order valence-electron chi connectivity index (χ4n) is 2.90. The second kappa shape index (κ2) is 8.73. The summed E-state index contributed by atoms with van der Waals surface area (Å²) in [5.41, 5.74) is 2.41. The standard InChI is InChI=1S/C19H28N2O2/c1-4-23-19(22)17-8-6-14-21(15-17)13-5-7-16-9-11-18(12-10-16)20(2)3/h5,7,9-12,17H,4,6,8,13-15H2,1-3H3/b7-5+. The van der Waals surface area contributed by atoms with Gasteiger partial charge in [-0.3, -0.25) is 9.69 Å². The molecular weight excluding hydrogens is 288 g/mol. The first-order valence-corrected chi connectivity index (χ1v) is 8.43. The summed E-state index contributed by atoms with van der Waals surface area (Å²) in [7, 11) is 4.09. The maximum absolute atomic E-state index is 11.9. The van der Waals surface area contributed by atoms with Gasteiger partial charge in [0, 0.05) is 32.9 Å². The summed E-state index contributed by atoms with van der Waals surface area (Å²) < 4.78 is 5.15. The number of nitrogens with zero attached hydrogens (tertiary/aromatic N) is 2. The van der Waals surface area contributed by atoms with Crippen molar-refractivity contribution >= 4 is 17.7 Å². The van der Waals surface area contributed by atoms with Gasteiger partial charge in [0.1, 0.15) is 0 Å². The Hall–Kier alpha value is -1.81. The van der Waals surface area contributed by atoms with Crippen LogP contribution in [0.2, 0.25) is 0 Å². The number of hydrogen-bond donors (Lipinski definition) is 0. The molecule has 4 nitrogen and oxygen atoms in total. The molecule has 1 aromatic carbocycles.